The number of carbonyl (C=O) groups is 2. The molecule has 3 atom stereocenters. The van der Waals surface area contributed by atoms with Gasteiger partial charge in [0.1, 0.15) is 5.60 Å². The Balaban J connectivity index is 2.00. The standard InChI is InChI=1S/C20H27BrN2O3/c1-11-17(22-19(25)26-20(3,4)5)15-10-14(21)8-9-16(15)23(12(2)24)18(11)13-6-7-13/h8-11,13,17-18H,6-7H2,1-5H3,(H,22,25)/t11-,17?,18-/m1/s1. The first-order valence-electron chi connectivity index (χ1n) is 9.17. The van der Waals surface area contributed by atoms with Gasteiger partial charge in [-0.3, -0.25) is 4.79 Å². The molecule has 1 aliphatic heterocycles. The largest absolute Gasteiger partial charge is 0.444 e. The smallest absolute Gasteiger partial charge is 0.408 e. The number of hydrogen-bond donors (Lipinski definition) is 1. The number of rotatable bonds is 2. The van der Waals surface area contributed by atoms with Gasteiger partial charge in [0.15, 0.2) is 0 Å². The van der Waals surface area contributed by atoms with E-state index >= 15 is 0 Å². The predicted octanol–water partition coefficient (Wildman–Crippen LogP) is 4.80. The summed E-state index contributed by atoms with van der Waals surface area (Å²) in [5.41, 5.74) is 1.28. The van der Waals surface area contributed by atoms with Crippen molar-refractivity contribution in [3.63, 3.8) is 0 Å². The van der Waals surface area contributed by atoms with E-state index < -0.39 is 11.7 Å². The van der Waals surface area contributed by atoms with Gasteiger partial charge in [0, 0.05) is 29.0 Å². The van der Waals surface area contributed by atoms with Gasteiger partial charge in [0.05, 0.1) is 6.04 Å². The number of fused-ring (bicyclic) bond motifs is 1. The molecule has 1 N–H and O–H groups in total. The first-order valence-corrected chi connectivity index (χ1v) is 9.96. The van der Waals surface area contributed by atoms with E-state index in [1.165, 1.54) is 0 Å². The topological polar surface area (TPSA) is 58.6 Å². The van der Waals surface area contributed by atoms with E-state index in [0.29, 0.717) is 5.92 Å². The van der Waals surface area contributed by atoms with Crippen LogP contribution in [0.15, 0.2) is 22.7 Å². The Bertz CT molecular complexity index is 724. The summed E-state index contributed by atoms with van der Waals surface area (Å²) in [7, 11) is 0. The lowest BCUT2D eigenvalue weighted by Gasteiger charge is -2.45. The number of carbonyl (C=O) groups excluding carboxylic acids is 2. The summed E-state index contributed by atoms with van der Waals surface area (Å²) in [5.74, 6) is 0.641. The third-order valence-corrected chi connectivity index (χ3v) is 5.56. The molecule has 0 saturated heterocycles. The van der Waals surface area contributed by atoms with E-state index in [2.05, 4.69) is 28.2 Å². The molecule has 5 nitrogen and oxygen atoms in total. The van der Waals surface area contributed by atoms with Crippen LogP contribution in [0.1, 0.15) is 59.1 Å². The van der Waals surface area contributed by atoms with Crippen LogP contribution >= 0.6 is 15.9 Å². The lowest BCUT2D eigenvalue weighted by Crippen LogP contribution is -2.53. The van der Waals surface area contributed by atoms with Crippen molar-refractivity contribution < 1.29 is 14.3 Å². The zero-order valence-electron chi connectivity index (χ0n) is 16.0. The second kappa shape index (κ2) is 6.87. The van der Waals surface area contributed by atoms with E-state index in [4.69, 9.17) is 4.74 Å². The molecule has 1 aromatic rings. The van der Waals surface area contributed by atoms with E-state index in [1.807, 2.05) is 43.9 Å². The molecule has 1 aromatic carbocycles. The van der Waals surface area contributed by atoms with Gasteiger partial charge in [-0.25, -0.2) is 4.79 Å². The normalized spacial score (nSPS) is 25.5. The van der Waals surface area contributed by atoms with Gasteiger partial charge in [-0.05, 0) is 63.3 Å². The molecule has 6 heteroatoms. The maximum atomic E-state index is 12.5. The van der Waals surface area contributed by atoms with E-state index in [0.717, 1.165) is 28.6 Å². The van der Waals surface area contributed by atoms with Crippen molar-refractivity contribution in [1.29, 1.82) is 0 Å². The summed E-state index contributed by atoms with van der Waals surface area (Å²) < 4.78 is 6.40. The zero-order chi connectivity index (χ0) is 19.2. The van der Waals surface area contributed by atoms with Crippen molar-refractivity contribution in [3.05, 3.63) is 28.2 Å². The number of amides is 2. The highest BCUT2D eigenvalue weighted by atomic mass is 79.9. The van der Waals surface area contributed by atoms with E-state index in [1.54, 1.807) is 6.92 Å². The summed E-state index contributed by atoms with van der Waals surface area (Å²) in [6.07, 6.45) is 1.83. The molecule has 1 aliphatic carbocycles. The third-order valence-electron chi connectivity index (χ3n) is 5.06. The third kappa shape index (κ3) is 3.90. The van der Waals surface area contributed by atoms with Crippen LogP contribution in [0.25, 0.3) is 0 Å². The van der Waals surface area contributed by atoms with E-state index in [-0.39, 0.29) is 23.9 Å². The van der Waals surface area contributed by atoms with Crippen LogP contribution in [0.4, 0.5) is 10.5 Å². The van der Waals surface area contributed by atoms with Crippen LogP contribution in [-0.4, -0.2) is 23.6 Å². The van der Waals surface area contributed by atoms with Crippen molar-refractivity contribution in [1.82, 2.24) is 5.32 Å². The molecule has 1 fully saturated rings. The average Bonchev–Trinajstić information content (AvgIpc) is 3.32. The summed E-state index contributed by atoms with van der Waals surface area (Å²) in [4.78, 5) is 26.8. The Hall–Kier alpha value is -1.56. The number of nitrogens with zero attached hydrogens (tertiary/aromatic N) is 1. The lowest BCUT2D eigenvalue weighted by molar-refractivity contribution is -0.117. The first kappa shape index (κ1) is 19.2. The number of hydrogen-bond acceptors (Lipinski definition) is 3. The highest BCUT2D eigenvalue weighted by Gasteiger charge is 2.48. The molecule has 0 aromatic heterocycles. The molecule has 142 valence electrons. The number of anilines is 1. The van der Waals surface area contributed by atoms with Gasteiger partial charge in [-0.2, -0.15) is 0 Å². The van der Waals surface area contributed by atoms with Gasteiger partial charge in [0.2, 0.25) is 5.91 Å². The van der Waals surface area contributed by atoms with Gasteiger partial charge in [0.25, 0.3) is 0 Å². The van der Waals surface area contributed by atoms with Crippen LogP contribution in [0.3, 0.4) is 0 Å². The van der Waals surface area contributed by atoms with Crippen molar-refractivity contribution in [2.24, 2.45) is 11.8 Å². The van der Waals surface area contributed by atoms with E-state index in [9.17, 15) is 9.59 Å². The summed E-state index contributed by atoms with van der Waals surface area (Å²) >= 11 is 3.52. The number of alkyl carbamates (subject to hydrolysis) is 1. The minimum atomic E-state index is -0.552. The quantitative estimate of drug-likeness (QED) is 0.744. The minimum absolute atomic E-state index is 0.0491. The SMILES string of the molecule is CC(=O)N1c2ccc(Br)cc2C(NC(=O)OC(C)(C)C)[C@@H](C)[C@@H]1C1CC1. The summed E-state index contributed by atoms with van der Waals surface area (Å²) in [6.45, 7) is 9.30. The average molecular weight is 423 g/mol. The Morgan fingerprint density at radius 1 is 1.27 bits per heavy atom. The Kier molecular flexibility index (Phi) is 5.08. The van der Waals surface area contributed by atoms with Gasteiger partial charge >= 0.3 is 6.09 Å². The molecule has 2 aliphatic rings. The molecular weight excluding hydrogens is 396 g/mol. The maximum Gasteiger partial charge on any atom is 0.408 e. The van der Waals surface area contributed by atoms with Crippen molar-refractivity contribution in [2.45, 2.75) is 65.1 Å². The van der Waals surface area contributed by atoms with Crippen LogP contribution in [0, 0.1) is 11.8 Å². The number of ether oxygens (including phenoxy) is 1. The second-order valence-electron chi connectivity index (χ2n) is 8.40. The molecule has 2 amide bonds. The Morgan fingerprint density at radius 3 is 2.46 bits per heavy atom. The minimum Gasteiger partial charge on any atom is -0.444 e. The highest BCUT2D eigenvalue weighted by molar-refractivity contribution is 9.10. The molecule has 0 spiro atoms. The van der Waals surface area contributed by atoms with Crippen molar-refractivity contribution in [3.8, 4) is 0 Å². The number of halogens is 1. The molecule has 0 radical (unpaired) electrons. The molecular formula is C20H27BrN2O3. The van der Waals surface area contributed by atoms with Crippen LogP contribution in [-0.2, 0) is 9.53 Å². The fourth-order valence-electron chi connectivity index (χ4n) is 3.97. The summed E-state index contributed by atoms with van der Waals surface area (Å²) in [5, 5.41) is 3.06. The molecule has 1 unspecified atom stereocenters. The Morgan fingerprint density at radius 2 is 1.92 bits per heavy atom. The molecule has 26 heavy (non-hydrogen) atoms. The molecule has 1 heterocycles. The monoisotopic (exact) mass is 422 g/mol. The van der Waals surface area contributed by atoms with Gasteiger partial charge < -0.3 is 15.0 Å². The predicted molar refractivity (Wildman–Crippen MR) is 105 cm³/mol. The number of nitrogens with one attached hydrogen (secondary N) is 1. The van der Waals surface area contributed by atoms with Crippen LogP contribution in [0.2, 0.25) is 0 Å². The lowest BCUT2D eigenvalue weighted by atomic mass is 9.80. The fraction of sp³-hybridized carbons (Fsp3) is 0.600. The van der Waals surface area contributed by atoms with Gasteiger partial charge in [-0.1, -0.05) is 22.9 Å². The first-order chi connectivity index (χ1) is 12.1. The maximum absolute atomic E-state index is 12.5. The van der Waals surface area contributed by atoms with Gasteiger partial charge in [-0.15, -0.1) is 0 Å². The zero-order valence-corrected chi connectivity index (χ0v) is 17.6. The van der Waals surface area contributed by atoms with Crippen LogP contribution < -0.4 is 10.2 Å². The highest BCUT2D eigenvalue weighted by Crippen LogP contribution is 2.49. The molecule has 0 bridgehead atoms. The Labute approximate surface area is 163 Å². The number of benzene rings is 1. The van der Waals surface area contributed by atoms with Crippen LogP contribution in [0.5, 0.6) is 0 Å². The fourth-order valence-corrected chi connectivity index (χ4v) is 4.35. The molecule has 1 saturated carbocycles. The summed E-state index contributed by atoms with van der Waals surface area (Å²) in [6, 6.07) is 5.80. The molecule has 3 rings (SSSR count). The van der Waals surface area contributed by atoms with Crippen molar-refractivity contribution in [2.75, 3.05) is 4.90 Å². The second-order valence-corrected chi connectivity index (χ2v) is 9.32. The van der Waals surface area contributed by atoms with Crippen molar-refractivity contribution >= 4 is 33.6 Å².